The van der Waals surface area contributed by atoms with Crippen LogP contribution in [-0.2, 0) is 9.47 Å². The van der Waals surface area contributed by atoms with E-state index in [4.69, 9.17) is 32.7 Å². The topological polar surface area (TPSA) is 73.3 Å². The molecule has 0 radical (unpaired) electrons. The Kier molecular flexibility index (Phi) is 5.93. The number of nitrogens with one attached hydrogen (secondary N) is 1. The van der Waals surface area contributed by atoms with Gasteiger partial charge in [-0.15, -0.1) is 11.3 Å². The number of aryl methyl sites for hydroxylation is 1. The number of carbonyl (C=O) groups is 1. The van der Waals surface area contributed by atoms with Gasteiger partial charge in [0.1, 0.15) is 28.5 Å². The van der Waals surface area contributed by atoms with E-state index >= 15 is 0 Å². The third-order valence-corrected chi connectivity index (χ3v) is 5.53. The standard InChI is InChI=1S/C17H15Cl2N3O3S/c1-9-13-15(22-10-3-4-11(18)12(19)7-10)20-8-21-16(13)26-14(9)17(23)25-6-5-24-2/h3-4,7-8H,5-6H2,1-2H3,(H,20,21,22). The quantitative estimate of drug-likeness (QED) is 0.461. The average Bonchev–Trinajstić information content (AvgIpc) is 2.96. The zero-order chi connectivity index (χ0) is 18.7. The molecule has 0 unspecified atom stereocenters. The zero-order valence-electron chi connectivity index (χ0n) is 14.0. The number of fused-ring (bicyclic) bond motifs is 1. The van der Waals surface area contributed by atoms with E-state index in [2.05, 4.69) is 15.3 Å². The lowest BCUT2D eigenvalue weighted by atomic mass is 10.2. The summed E-state index contributed by atoms with van der Waals surface area (Å²) in [5.41, 5.74) is 1.49. The van der Waals surface area contributed by atoms with Crippen LogP contribution in [-0.4, -0.2) is 36.3 Å². The molecule has 0 aliphatic rings. The van der Waals surface area contributed by atoms with Gasteiger partial charge in [0.2, 0.25) is 0 Å². The van der Waals surface area contributed by atoms with Crippen molar-refractivity contribution in [2.24, 2.45) is 0 Å². The largest absolute Gasteiger partial charge is 0.459 e. The second-order valence-electron chi connectivity index (χ2n) is 5.34. The van der Waals surface area contributed by atoms with Gasteiger partial charge in [-0.2, -0.15) is 0 Å². The van der Waals surface area contributed by atoms with Crippen LogP contribution in [0, 0.1) is 6.92 Å². The summed E-state index contributed by atoms with van der Waals surface area (Å²) in [5, 5.41) is 4.87. The number of nitrogens with zero attached hydrogens (tertiary/aromatic N) is 2. The highest BCUT2D eigenvalue weighted by atomic mass is 35.5. The van der Waals surface area contributed by atoms with Gasteiger partial charge in [0.15, 0.2) is 0 Å². The molecule has 0 saturated heterocycles. The van der Waals surface area contributed by atoms with E-state index < -0.39 is 5.97 Å². The molecule has 2 heterocycles. The first-order valence-corrected chi connectivity index (χ1v) is 9.20. The van der Waals surface area contributed by atoms with Crippen LogP contribution in [0.3, 0.4) is 0 Å². The highest BCUT2D eigenvalue weighted by Crippen LogP contribution is 2.35. The molecule has 9 heteroatoms. The fraction of sp³-hybridized carbons (Fsp3) is 0.235. The number of thiophene rings is 1. The van der Waals surface area contributed by atoms with Gasteiger partial charge in [-0.1, -0.05) is 23.2 Å². The normalized spacial score (nSPS) is 10.9. The number of esters is 1. The van der Waals surface area contributed by atoms with Gasteiger partial charge in [0.25, 0.3) is 0 Å². The van der Waals surface area contributed by atoms with Gasteiger partial charge in [-0.3, -0.25) is 0 Å². The van der Waals surface area contributed by atoms with Gasteiger partial charge in [0, 0.05) is 12.8 Å². The number of hydrogen-bond donors (Lipinski definition) is 1. The molecule has 1 N–H and O–H groups in total. The lowest BCUT2D eigenvalue weighted by molar-refractivity contribution is 0.0393. The molecule has 0 spiro atoms. The van der Waals surface area contributed by atoms with Crippen LogP contribution in [0.15, 0.2) is 24.5 Å². The predicted molar refractivity (Wildman–Crippen MR) is 104 cm³/mol. The summed E-state index contributed by atoms with van der Waals surface area (Å²) in [5.74, 6) is 0.182. The molecule has 0 atom stereocenters. The highest BCUT2D eigenvalue weighted by Gasteiger charge is 2.20. The monoisotopic (exact) mass is 411 g/mol. The summed E-state index contributed by atoms with van der Waals surface area (Å²) in [4.78, 5) is 22.0. The van der Waals surface area contributed by atoms with Gasteiger partial charge in [-0.25, -0.2) is 14.8 Å². The third kappa shape index (κ3) is 3.91. The molecule has 0 fully saturated rings. The highest BCUT2D eigenvalue weighted by molar-refractivity contribution is 7.20. The van der Waals surface area contributed by atoms with Crippen molar-refractivity contribution in [1.29, 1.82) is 0 Å². The number of ether oxygens (including phenoxy) is 2. The van der Waals surface area contributed by atoms with Crippen LogP contribution >= 0.6 is 34.5 Å². The fourth-order valence-electron chi connectivity index (χ4n) is 2.35. The summed E-state index contributed by atoms with van der Waals surface area (Å²) in [6.07, 6.45) is 1.44. The Labute approximate surface area is 164 Å². The SMILES string of the molecule is COCCOC(=O)c1sc2ncnc(Nc3ccc(Cl)c(Cl)c3)c2c1C. The minimum atomic E-state index is -0.400. The summed E-state index contributed by atoms with van der Waals surface area (Å²) < 4.78 is 10.1. The molecule has 2 aromatic heterocycles. The molecule has 0 aliphatic heterocycles. The second-order valence-corrected chi connectivity index (χ2v) is 7.15. The van der Waals surface area contributed by atoms with E-state index in [1.54, 1.807) is 25.3 Å². The van der Waals surface area contributed by atoms with Crippen LogP contribution in [0.25, 0.3) is 10.2 Å². The first-order chi connectivity index (χ1) is 12.5. The Balaban J connectivity index is 1.94. The van der Waals surface area contributed by atoms with E-state index in [-0.39, 0.29) is 6.61 Å². The number of aromatic nitrogens is 2. The summed E-state index contributed by atoms with van der Waals surface area (Å²) >= 11 is 13.3. The van der Waals surface area contributed by atoms with Crippen molar-refractivity contribution in [1.82, 2.24) is 9.97 Å². The molecule has 0 saturated carbocycles. The van der Waals surface area contributed by atoms with Gasteiger partial charge < -0.3 is 14.8 Å². The summed E-state index contributed by atoms with van der Waals surface area (Å²) in [7, 11) is 1.55. The Bertz CT molecular complexity index is 962. The number of carbonyl (C=O) groups excluding carboxylic acids is 1. The van der Waals surface area contributed by atoms with Crippen LogP contribution in [0.4, 0.5) is 11.5 Å². The minimum absolute atomic E-state index is 0.197. The van der Waals surface area contributed by atoms with Crippen molar-refractivity contribution in [2.45, 2.75) is 6.92 Å². The number of methoxy groups -OCH3 is 1. The number of anilines is 2. The molecule has 3 aromatic rings. The zero-order valence-corrected chi connectivity index (χ0v) is 16.3. The van der Waals surface area contributed by atoms with E-state index in [0.29, 0.717) is 32.2 Å². The first-order valence-electron chi connectivity index (χ1n) is 7.63. The lowest BCUT2D eigenvalue weighted by Crippen LogP contribution is -2.09. The fourth-order valence-corrected chi connectivity index (χ4v) is 3.70. The number of rotatable bonds is 6. The molecule has 0 aliphatic carbocycles. The Morgan fingerprint density at radius 3 is 2.77 bits per heavy atom. The number of halogens is 2. The van der Waals surface area contributed by atoms with Crippen molar-refractivity contribution in [3.63, 3.8) is 0 Å². The maximum absolute atomic E-state index is 12.3. The second kappa shape index (κ2) is 8.18. The maximum Gasteiger partial charge on any atom is 0.348 e. The average molecular weight is 412 g/mol. The van der Waals surface area contributed by atoms with E-state index in [1.165, 1.54) is 17.7 Å². The van der Waals surface area contributed by atoms with Crippen molar-refractivity contribution >= 4 is 62.2 Å². The van der Waals surface area contributed by atoms with Crippen molar-refractivity contribution in [3.05, 3.63) is 45.0 Å². The van der Waals surface area contributed by atoms with Crippen molar-refractivity contribution < 1.29 is 14.3 Å². The summed E-state index contributed by atoms with van der Waals surface area (Å²) in [6.45, 7) is 2.39. The lowest BCUT2D eigenvalue weighted by Gasteiger charge is -2.08. The Hall–Kier alpha value is -1.93. The first kappa shape index (κ1) is 18.8. The predicted octanol–water partition coefficient (Wildman–Crippen LogP) is 4.85. The molecule has 0 bridgehead atoms. The minimum Gasteiger partial charge on any atom is -0.459 e. The molecular weight excluding hydrogens is 397 g/mol. The van der Waals surface area contributed by atoms with Gasteiger partial charge in [0.05, 0.1) is 22.0 Å². The van der Waals surface area contributed by atoms with Crippen LogP contribution in [0.1, 0.15) is 15.2 Å². The molecule has 3 rings (SSSR count). The molecule has 1 aromatic carbocycles. The maximum atomic E-state index is 12.3. The van der Waals surface area contributed by atoms with Crippen LogP contribution < -0.4 is 5.32 Å². The molecule has 26 heavy (non-hydrogen) atoms. The van der Waals surface area contributed by atoms with Gasteiger partial charge in [-0.05, 0) is 30.7 Å². The number of benzene rings is 1. The van der Waals surface area contributed by atoms with Gasteiger partial charge >= 0.3 is 5.97 Å². The van der Waals surface area contributed by atoms with E-state index in [0.717, 1.165) is 16.6 Å². The van der Waals surface area contributed by atoms with E-state index in [9.17, 15) is 4.79 Å². The summed E-state index contributed by atoms with van der Waals surface area (Å²) in [6, 6.07) is 5.20. The van der Waals surface area contributed by atoms with Crippen molar-refractivity contribution in [2.75, 3.05) is 25.6 Å². The molecule has 0 amide bonds. The van der Waals surface area contributed by atoms with Crippen LogP contribution in [0.5, 0.6) is 0 Å². The smallest absolute Gasteiger partial charge is 0.348 e. The third-order valence-electron chi connectivity index (χ3n) is 3.62. The Morgan fingerprint density at radius 1 is 1.23 bits per heavy atom. The van der Waals surface area contributed by atoms with E-state index in [1.807, 2.05) is 6.92 Å². The van der Waals surface area contributed by atoms with Crippen molar-refractivity contribution in [3.8, 4) is 0 Å². The molecular formula is C17H15Cl2N3O3S. The number of hydrogen-bond acceptors (Lipinski definition) is 7. The molecule has 136 valence electrons. The molecule has 6 nitrogen and oxygen atoms in total. The Morgan fingerprint density at radius 2 is 2.04 bits per heavy atom. The van der Waals surface area contributed by atoms with Crippen LogP contribution in [0.2, 0.25) is 10.0 Å².